The van der Waals surface area contributed by atoms with Crippen molar-refractivity contribution in [2.45, 2.75) is 0 Å². The third kappa shape index (κ3) is 4.48. The van der Waals surface area contributed by atoms with Gasteiger partial charge in [-0.05, 0) is 112 Å². The number of fused-ring (bicyclic) bond motifs is 6. The van der Waals surface area contributed by atoms with Gasteiger partial charge in [0.15, 0.2) is 0 Å². The van der Waals surface area contributed by atoms with Gasteiger partial charge in [-0.2, -0.15) is 0 Å². The second-order valence-electron chi connectivity index (χ2n) is 17.6. The minimum Gasteiger partial charge on any atom is -0.309 e. The highest BCUT2D eigenvalue weighted by molar-refractivity contribution is 6.28. The van der Waals surface area contributed by atoms with E-state index in [-0.39, 0.29) is 0 Å². The van der Waals surface area contributed by atoms with Crippen molar-refractivity contribution in [1.82, 2.24) is 9.13 Å². The van der Waals surface area contributed by atoms with Gasteiger partial charge in [-0.1, -0.05) is 182 Å². The van der Waals surface area contributed by atoms with Gasteiger partial charge in [0.05, 0.1) is 33.4 Å². The Hall–Kier alpha value is -8.46. The first kappa shape index (κ1) is 34.2. The predicted octanol–water partition coefficient (Wildman–Crippen LogP) is 17.0. The highest BCUT2D eigenvalue weighted by Crippen LogP contribution is 2.48. The van der Waals surface area contributed by atoms with E-state index < -0.39 is 0 Å². The van der Waals surface area contributed by atoms with Crippen molar-refractivity contribution in [3.05, 3.63) is 218 Å². The second-order valence-corrected chi connectivity index (χ2v) is 17.6. The molecule has 2 heteroatoms. The van der Waals surface area contributed by atoms with Gasteiger partial charge in [0, 0.05) is 32.7 Å². The molecule has 0 N–H and O–H groups in total. The SMILES string of the molecule is c1cc2ccc3ccc(-c4cc(-n5c6ccccc6c6ccccc65)c(-c5ccc6ccc7cccc8ccc5c6c78)cc4-n4c5ccccc5c5ccccc54)c4ccc(c1)c2c34. The smallest absolute Gasteiger partial charge is 0.0548 e. The maximum atomic E-state index is 2.53. The van der Waals surface area contributed by atoms with E-state index in [1.165, 1.54) is 131 Å². The van der Waals surface area contributed by atoms with E-state index in [1.807, 2.05) is 0 Å². The summed E-state index contributed by atoms with van der Waals surface area (Å²) in [6, 6.07) is 82.0. The van der Waals surface area contributed by atoms with Gasteiger partial charge in [0.2, 0.25) is 0 Å². The van der Waals surface area contributed by atoms with Crippen molar-refractivity contribution in [3.63, 3.8) is 0 Å². The Morgan fingerprint density at radius 3 is 0.859 bits per heavy atom. The zero-order valence-corrected chi connectivity index (χ0v) is 34.7. The summed E-state index contributed by atoms with van der Waals surface area (Å²) in [5, 5.41) is 20.4. The lowest BCUT2D eigenvalue weighted by Crippen LogP contribution is -2.04. The number of rotatable bonds is 4. The fourth-order valence-electron chi connectivity index (χ4n) is 11.7. The van der Waals surface area contributed by atoms with Crippen molar-refractivity contribution < 1.29 is 0 Å². The topological polar surface area (TPSA) is 9.86 Å². The Kier molecular flexibility index (Phi) is 6.71. The average Bonchev–Trinajstić information content (AvgIpc) is 3.87. The number of benzene rings is 13. The van der Waals surface area contributed by atoms with Crippen LogP contribution in [0.2, 0.25) is 0 Å². The molecule has 15 aromatic rings. The molecule has 294 valence electrons. The van der Waals surface area contributed by atoms with E-state index in [9.17, 15) is 0 Å². The van der Waals surface area contributed by atoms with E-state index in [0.29, 0.717) is 0 Å². The molecule has 0 saturated carbocycles. The zero-order chi connectivity index (χ0) is 41.6. The molecule has 15 rings (SSSR count). The van der Waals surface area contributed by atoms with Crippen molar-refractivity contribution in [2.24, 2.45) is 0 Å². The standard InChI is InChI=1S/C62H36N2/c1-5-19-53-45(15-1)46-16-2-6-20-54(46)63(53)57-35-52(44-32-28-42-26-24-38-12-10-14-40-30-34-50(44)62(42)60(38)40)58(64-55-21-7-3-17-47(55)48-18-4-8-22-56(48)64)36-51(57)43-31-27-41-25-23-37-11-9-13-39-29-33-49(43)61(41)59(37)39/h1-36H. The van der Waals surface area contributed by atoms with E-state index in [1.54, 1.807) is 0 Å². The summed E-state index contributed by atoms with van der Waals surface area (Å²) < 4.78 is 5.07. The minimum absolute atomic E-state index is 1.15. The molecule has 0 saturated heterocycles. The number of hydrogen-bond donors (Lipinski definition) is 0. The molecule has 0 atom stereocenters. The molecule has 2 aromatic heterocycles. The highest BCUT2D eigenvalue weighted by atomic mass is 15.0. The molecule has 2 nitrogen and oxygen atoms in total. The molecule has 0 fully saturated rings. The van der Waals surface area contributed by atoms with Crippen LogP contribution in [-0.2, 0) is 0 Å². The van der Waals surface area contributed by atoms with Crippen LogP contribution in [0.5, 0.6) is 0 Å². The molecule has 64 heavy (non-hydrogen) atoms. The van der Waals surface area contributed by atoms with Crippen LogP contribution in [0.4, 0.5) is 0 Å². The summed E-state index contributed by atoms with van der Waals surface area (Å²) in [7, 11) is 0. The van der Waals surface area contributed by atoms with Gasteiger partial charge < -0.3 is 9.13 Å². The van der Waals surface area contributed by atoms with Crippen LogP contribution in [-0.4, -0.2) is 9.13 Å². The van der Waals surface area contributed by atoms with Crippen LogP contribution in [0, 0.1) is 0 Å². The van der Waals surface area contributed by atoms with Gasteiger partial charge in [0.25, 0.3) is 0 Å². The summed E-state index contributed by atoms with van der Waals surface area (Å²) in [4.78, 5) is 0. The summed E-state index contributed by atoms with van der Waals surface area (Å²) >= 11 is 0. The van der Waals surface area contributed by atoms with E-state index in [2.05, 4.69) is 228 Å². The van der Waals surface area contributed by atoms with Crippen LogP contribution in [0.3, 0.4) is 0 Å². The molecule has 0 aliphatic rings. The Bertz CT molecular complexity index is 4000. The summed E-state index contributed by atoms with van der Waals surface area (Å²) in [6.07, 6.45) is 0. The predicted molar refractivity (Wildman–Crippen MR) is 273 cm³/mol. The maximum absolute atomic E-state index is 2.53. The third-order valence-corrected chi connectivity index (χ3v) is 14.4. The Morgan fingerprint density at radius 2 is 0.500 bits per heavy atom. The van der Waals surface area contributed by atoms with Crippen molar-refractivity contribution in [3.8, 4) is 33.6 Å². The maximum Gasteiger partial charge on any atom is 0.0548 e. The molecule has 2 heterocycles. The molecule has 0 spiro atoms. The molecule has 0 bridgehead atoms. The van der Waals surface area contributed by atoms with Gasteiger partial charge in [-0.25, -0.2) is 0 Å². The first-order valence-electron chi connectivity index (χ1n) is 22.3. The fraction of sp³-hybridized carbons (Fsp3) is 0. The van der Waals surface area contributed by atoms with Crippen LogP contribution >= 0.6 is 0 Å². The lowest BCUT2D eigenvalue weighted by molar-refractivity contribution is 1.15. The minimum atomic E-state index is 1.15. The Labute approximate surface area is 367 Å². The number of aromatic nitrogens is 2. The Balaban J connectivity index is 1.17. The third-order valence-electron chi connectivity index (χ3n) is 14.4. The fourth-order valence-corrected chi connectivity index (χ4v) is 11.7. The average molecular weight is 809 g/mol. The van der Waals surface area contributed by atoms with Crippen molar-refractivity contribution in [2.75, 3.05) is 0 Å². The number of para-hydroxylation sites is 4. The summed E-state index contributed by atoms with van der Waals surface area (Å²) in [5.74, 6) is 0. The normalized spacial score (nSPS) is 12.4. The molecular formula is C62H36N2. The highest BCUT2D eigenvalue weighted by Gasteiger charge is 2.25. The quantitative estimate of drug-likeness (QED) is 0.157. The van der Waals surface area contributed by atoms with Gasteiger partial charge in [-0.3, -0.25) is 0 Å². The zero-order valence-electron chi connectivity index (χ0n) is 34.7. The van der Waals surface area contributed by atoms with Crippen molar-refractivity contribution in [1.29, 1.82) is 0 Å². The van der Waals surface area contributed by atoms with Gasteiger partial charge in [-0.15, -0.1) is 0 Å². The molecule has 0 radical (unpaired) electrons. The number of hydrogen-bond acceptors (Lipinski definition) is 0. The van der Waals surface area contributed by atoms with Crippen LogP contribution in [0.25, 0.3) is 142 Å². The lowest BCUT2D eigenvalue weighted by Gasteiger charge is -2.23. The van der Waals surface area contributed by atoms with E-state index in [4.69, 9.17) is 0 Å². The summed E-state index contributed by atoms with van der Waals surface area (Å²) in [5.41, 5.74) is 11.9. The Morgan fingerprint density at radius 1 is 0.203 bits per heavy atom. The van der Waals surface area contributed by atoms with E-state index in [0.717, 1.165) is 11.4 Å². The molecule has 0 aliphatic carbocycles. The van der Waals surface area contributed by atoms with Crippen LogP contribution < -0.4 is 0 Å². The molecular weight excluding hydrogens is 773 g/mol. The lowest BCUT2D eigenvalue weighted by atomic mass is 9.86. The van der Waals surface area contributed by atoms with Crippen LogP contribution in [0.1, 0.15) is 0 Å². The molecule has 0 unspecified atom stereocenters. The molecule has 13 aromatic carbocycles. The number of nitrogens with zero attached hydrogens (tertiary/aromatic N) is 2. The molecule has 0 amide bonds. The monoisotopic (exact) mass is 808 g/mol. The van der Waals surface area contributed by atoms with E-state index >= 15 is 0 Å². The second kappa shape index (κ2) is 12.6. The first-order chi connectivity index (χ1) is 31.8. The van der Waals surface area contributed by atoms with Gasteiger partial charge in [0.1, 0.15) is 0 Å². The van der Waals surface area contributed by atoms with Crippen LogP contribution in [0.15, 0.2) is 218 Å². The van der Waals surface area contributed by atoms with Gasteiger partial charge >= 0.3 is 0 Å². The van der Waals surface area contributed by atoms with Crippen molar-refractivity contribution >= 4 is 108 Å². The summed E-state index contributed by atoms with van der Waals surface area (Å²) in [6.45, 7) is 0. The molecule has 0 aliphatic heterocycles. The first-order valence-corrected chi connectivity index (χ1v) is 22.3. The largest absolute Gasteiger partial charge is 0.309 e.